The van der Waals surface area contributed by atoms with Gasteiger partial charge in [0.2, 0.25) is 11.8 Å². The van der Waals surface area contributed by atoms with Crippen LogP contribution in [0.25, 0.3) is 0 Å². The summed E-state index contributed by atoms with van der Waals surface area (Å²) in [6.07, 6.45) is 0. The summed E-state index contributed by atoms with van der Waals surface area (Å²) in [7, 11) is 3.19. The highest BCUT2D eigenvalue weighted by atomic mass is 35.5. The number of nitrogens with one attached hydrogen (secondary N) is 2. The van der Waals surface area contributed by atoms with Crippen LogP contribution in [-0.2, 0) is 9.59 Å². The second-order valence-corrected chi connectivity index (χ2v) is 6.91. The Morgan fingerprint density at radius 3 is 2.45 bits per heavy atom. The van der Waals surface area contributed by atoms with E-state index in [0.29, 0.717) is 46.9 Å². The first-order valence-electron chi connectivity index (χ1n) is 8.96. The summed E-state index contributed by atoms with van der Waals surface area (Å²) in [5.41, 5.74) is 1.07. The topological polar surface area (TPSA) is 89.1 Å². The molecule has 29 heavy (non-hydrogen) atoms. The van der Waals surface area contributed by atoms with Crippen molar-refractivity contribution in [1.82, 2.24) is 4.90 Å². The van der Waals surface area contributed by atoms with Gasteiger partial charge < -0.3 is 24.8 Å². The van der Waals surface area contributed by atoms with Gasteiger partial charge in [-0.2, -0.15) is 0 Å². The number of likely N-dealkylation sites (N-methyl/N-ethyl adjacent to an activating group) is 1. The van der Waals surface area contributed by atoms with Crippen molar-refractivity contribution in [3.63, 3.8) is 0 Å². The molecule has 0 bridgehead atoms. The van der Waals surface area contributed by atoms with Gasteiger partial charge in [-0.1, -0.05) is 11.6 Å². The normalized spacial score (nSPS) is 12.4. The second-order valence-electron chi connectivity index (χ2n) is 6.47. The Balaban J connectivity index is 1.51. The molecule has 0 saturated carbocycles. The number of methoxy groups -OCH3 is 1. The standard InChI is InChI=1S/C20H22ClN3O5/c1-24(12-20(26)23-15-9-13(21)3-5-16(15)27-2)11-19(25)22-14-4-6-17-18(10-14)29-8-7-28-17/h3-6,9-10H,7-8,11-12H2,1-2H3,(H,22,25)(H,23,26). The largest absolute Gasteiger partial charge is 0.495 e. The molecule has 3 rings (SSSR count). The molecule has 2 N–H and O–H groups in total. The minimum atomic E-state index is -0.291. The zero-order chi connectivity index (χ0) is 20.8. The van der Waals surface area contributed by atoms with Crippen LogP contribution in [0.2, 0.25) is 5.02 Å². The van der Waals surface area contributed by atoms with Crippen molar-refractivity contribution in [1.29, 1.82) is 0 Å². The number of halogens is 1. The summed E-state index contributed by atoms with van der Waals surface area (Å²) in [6.45, 7) is 1.03. The van der Waals surface area contributed by atoms with Gasteiger partial charge in [-0.25, -0.2) is 0 Å². The van der Waals surface area contributed by atoms with E-state index in [0.717, 1.165) is 0 Å². The van der Waals surface area contributed by atoms with E-state index in [9.17, 15) is 9.59 Å². The summed E-state index contributed by atoms with van der Waals surface area (Å²) in [6, 6.07) is 10.1. The third-order valence-electron chi connectivity index (χ3n) is 4.09. The summed E-state index contributed by atoms with van der Waals surface area (Å²) < 4.78 is 16.2. The molecule has 9 heteroatoms. The van der Waals surface area contributed by atoms with Gasteiger partial charge >= 0.3 is 0 Å². The fraction of sp³-hybridized carbons (Fsp3) is 0.300. The van der Waals surface area contributed by atoms with E-state index in [1.54, 1.807) is 48.3 Å². The number of ether oxygens (including phenoxy) is 3. The van der Waals surface area contributed by atoms with Crippen LogP contribution in [0.4, 0.5) is 11.4 Å². The van der Waals surface area contributed by atoms with E-state index < -0.39 is 0 Å². The van der Waals surface area contributed by atoms with Gasteiger partial charge in [0.1, 0.15) is 19.0 Å². The Labute approximate surface area is 173 Å². The molecule has 1 heterocycles. The first-order valence-corrected chi connectivity index (χ1v) is 9.34. The van der Waals surface area contributed by atoms with E-state index in [4.69, 9.17) is 25.8 Å². The maximum Gasteiger partial charge on any atom is 0.238 e. The van der Waals surface area contributed by atoms with Gasteiger partial charge in [0.15, 0.2) is 11.5 Å². The van der Waals surface area contributed by atoms with Crippen molar-refractivity contribution in [2.75, 3.05) is 51.1 Å². The highest BCUT2D eigenvalue weighted by Gasteiger charge is 2.15. The molecule has 0 radical (unpaired) electrons. The smallest absolute Gasteiger partial charge is 0.238 e. The van der Waals surface area contributed by atoms with Gasteiger partial charge in [0.05, 0.1) is 25.9 Å². The van der Waals surface area contributed by atoms with Crippen LogP contribution in [-0.4, -0.2) is 57.2 Å². The Hall–Kier alpha value is -2.97. The van der Waals surface area contributed by atoms with Crippen LogP contribution < -0.4 is 24.8 Å². The predicted octanol–water partition coefficient (Wildman–Crippen LogP) is 2.63. The minimum Gasteiger partial charge on any atom is -0.495 e. The number of carbonyl (C=O) groups is 2. The highest BCUT2D eigenvalue weighted by molar-refractivity contribution is 6.31. The third-order valence-corrected chi connectivity index (χ3v) is 4.32. The molecule has 0 spiro atoms. The number of carbonyl (C=O) groups excluding carboxylic acids is 2. The summed E-state index contributed by atoms with van der Waals surface area (Å²) in [4.78, 5) is 26.2. The first kappa shape index (κ1) is 20.8. The lowest BCUT2D eigenvalue weighted by atomic mass is 10.2. The third kappa shape index (κ3) is 5.75. The molecule has 0 fully saturated rings. The maximum absolute atomic E-state index is 12.3. The Bertz CT molecular complexity index is 906. The maximum atomic E-state index is 12.3. The first-order chi connectivity index (χ1) is 13.9. The molecule has 0 aromatic heterocycles. The lowest BCUT2D eigenvalue weighted by Crippen LogP contribution is -2.36. The lowest BCUT2D eigenvalue weighted by molar-refractivity contribution is -0.119. The van der Waals surface area contributed by atoms with E-state index >= 15 is 0 Å². The van der Waals surface area contributed by atoms with Crippen molar-refractivity contribution in [2.45, 2.75) is 0 Å². The molecule has 0 unspecified atom stereocenters. The molecule has 154 valence electrons. The van der Waals surface area contributed by atoms with E-state index in [2.05, 4.69) is 10.6 Å². The van der Waals surface area contributed by atoms with Gasteiger partial charge in [-0.3, -0.25) is 14.5 Å². The molecule has 8 nitrogen and oxygen atoms in total. The summed E-state index contributed by atoms with van der Waals surface area (Å²) in [5.74, 6) is 1.20. The van der Waals surface area contributed by atoms with Gasteiger partial charge in [0, 0.05) is 16.8 Å². The fourth-order valence-electron chi connectivity index (χ4n) is 2.84. The van der Waals surface area contributed by atoms with Crippen LogP contribution in [0.5, 0.6) is 17.2 Å². The van der Waals surface area contributed by atoms with Crippen molar-refractivity contribution in [3.05, 3.63) is 41.4 Å². The number of nitrogens with zero attached hydrogens (tertiary/aromatic N) is 1. The predicted molar refractivity (Wildman–Crippen MR) is 110 cm³/mol. The van der Waals surface area contributed by atoms with E-state index in [-0.39, 0.29) is 24.9 Å². The fourth-order valence-corrected chi connectivity index (χ4v) is 3.01. The molecule has 0 aliphatic carbocycles. The molecular formula is C20H22ClN3O5. The Morgan fingerprint density at radius 1 is 1.03 bits per heavy atom. The van der Waals surface area contributed by atoms with Gasteiger partial charge in [-0.15, -0.1) is 0 Å². The molecule has 0 saturated heterocycles. The summed E-state index contributed by atoms with van der Waals surface area (Å²) in [5, 5.41) is 6.00. The number of benzene rings is 2. The molecule has 1 aliphatic rings. The SMILES string of the molecule is COc1ccc(Cl)cc1NC(=O)CN(C)CC(=O)Nc1ccc2c(c1)OCCO2. The van der Waals surface area contributed by atoms with Crippen molar-refractivity contribution >= 4 is 34.8 Å². The summed E-state index contributed by atoms with van der Waals surface area (Å²) >= 11 is 5.97. The molecular weight excluding hydrogens is 398 g/mol. The molecule has 1 aliphatic heterocycles. The zero-order valence-electron chi connectivity index (χ0n) is 16.2. The van der Waals surface area contributed by atoms with Crippen LogP contribution in [0.15, 0.2) is 36.4 Å². The molecule has 0 atom stereocenters. The number of hydrogen-bond acceptors (Lipinski definition) is 6. The number of amides is 2. The monoisotopic (exact) mass is 419 g/mol. The van der Waals surface area contributed by atoms with Crippen LogP contribution in [0, 0.1) is 0 Å². The van der Waals surface area contributed by atoms with Crippen LogP contribution in [0.3, 0.4) is 0 Å². The highest BCUT2D eigenvalue weighted by Crippen LogP contribution is 2.32. The Morgan fingerprint density at radius 2 is 1.72 bits per heavy atom. The number of rotatable bonds is 7. The minimum absolute atomic E-state index is 0.0181. The average Bonchev–Trinajstić information content (AvgIpc) is 2.67. The number of anilines is 2. The number of hydrogen-bond donors (Lipinski definition) is 2. The van der Waals surface area contributed by atoms with Crippen molar-refractivity contribution in [2.24, 2.45) is 0 Å². The van der Waals surface area contributed by atoms with Crippen LogP contribution >= 0.6 is 11.6 Å². The van der Waals surface area contributed by atoms with E-state index in [1.165, 1.54) is 7.11 Å². The second kappa shape index (κ2) is 9.49. The molecule has 2 aromatic rings. The molecule has 2 aromatic carbocycles. The lowest BCUT2D eigenvalue weighted by Gasteiger charge is -2.20. The Kier molecular flexibility index (Phi) is 6.79. The van der Waals surface area contributed by atoms with E-state index in [1.807, 2.05) is 0 Å². The number of fused-ring (bicyclic) bond motifs is 1. The van der Waals surface area contributed by atoms with Crippen molar-refractivity contribution < 1.29 is 23.8 Å². The zero-order valence-corrected chi connectivity index (χ0v) is 16.9. The van der Waals surface area contributed by atoms with Gasteiger partial charge in [-0.05, 0) is 37.4 Å². The average molecular weight is 420 g/mol. The van der Waals surface area contributed by atoms with Gasteiger partial charge in [0.25, 0.3) is 0 Å². The quantitative estimate of drug-likeness (QED) is 0.717. The molecule has 2 amide bonds. The van der Waals surface area contributed by atoms with Crippen LogP contribution in [0.1, 0.15) is 0 Å². The van der Waals surface area contributed by atoms with Crippen molar-refractivity contribution in [3.8, 4) is 17.2 Å².